The Bertz CT molecular complexity index is 546. The van der Waals surface area contributed by atoms with E-state index in [1.807, 2.05) is 51.1 Å². The van der Waals surface area contributed by atoms with E-state index in [0.717, 1.165) is 5.56 Å². The molecule has 0 spiro atoms. The molecular formula is C19H29NO4. The summed E-state index contributed by atoms with van der Waals surface area (Å²) < 4.78 is 5.12. The minimum atomic E-state index is -0.611. The lowest BCUT2D eigenvalue weighted by Crippen LogP contribution is -2.41. The molecule has 0 atom stereocenters. The maximum absolute atomic E-state index is 12.7. The van der Waals surface area contributed by atoms with E-state index in [4.69, 9.17) is 9.57 Å². The van der Waals surface area contributed by atoms with Crippen molar-refractivity contribution in [1.29, 1.82) is 0 Å². The third-order valence-corrected chi connectivity index (χ3v) is 3.87. The summed E-state index contributed by atoms with van der Waals surface area (Å²) >= 11 is 0. The van der Waals surface area contributed by atoms with Crippen LogP contribution in [0.2, 0.25) is 0 Å². The van der Waals surface area contributed by atoms with Crippen molar-refractivity contribution in [3.8, 4) is 0 Å². The van der Waals surface area contributed by atoms with Gasteiger partial charge in [-0.3, -0.25) is 9.59 Å². The highest BCUT2D eigenvalue weighted by atomic mass is 16.8. The van der Waals surface area contributed by atoms with Gasteiger partial charge in [0.15, 0.2) is 0 Å². The third-order valence-electron chi connectivity index (χ3n) is 3.87. The van der Waals surface area contributed by atoms with E-state index in [-0.39, 0.29) is 18.7 Å². The summed E-state index contributed by atoms with van der Waals surface area (Å²) in [6.45, 7) is 11.0. The van der Waals surface area contributed by atoms with E-state index in [9.17, 15) is 9.59 Å². The molecule has 0 aliphatic rings. The van der Waals surface area contributed by atoms with Crippen LogP contribution in [-0.2, 0) is 25.7 Å². The summed E-state index contributed by atoms with van der Waals surface area (Å²) in [5, 5.41) is 1.29. The van der Waals surface area contributed by atoms with Crippen LogP contribution in [0.25, 0.3) is 0 Å². The Labute approximate surface area is 144 Å². The van der Waals surface area contributed by atoms with E-state index in [1.165, 1.54) is 5.06 Å². The Hall–Kier alpha value is -1.88. The van der Waals surface area contributed by atoms with Crippen LogP contribution in [0, 0.1) is 10.8 Å². The lowest BCUT2D eigenvalue weighted by Gasteiger charge is -2.30. The van der Waals surface area contributed by atoms with Gasteiger partial charge < -0.3 is 4.74 Å². The second kappa shape index (κ2) is 8.29. The number of hydroxylamine groups is 2. The molecule has 1 amide bonds. The average molecular weight is 335 g/mol. The van der Waals surface area contributed by atoms with E-state index >= 15 is 0 Å². The van der Waals surface area contributed by atoms with Crippen molar-refractivity contribution < 1.29 is 19.2 Å². The molecule has 0 saturated heterocycles. The normalized spacial score (nSPS) is 11.9. The number of carbonyl (C=O) groups is 2. The zero-order valence-corrected chi connectivity index (χ0v) is 15.6. The molecule has 5 nitrogen and oxygen atoms in total. The monoisotopic (exact) mass is 335 g/mol. The minimum Gasteiger partial charge on any atom is -0.436 e. The SMILES string of the molecule is CCC(C)(C)C(=O)N(Cc1ccccc1)OCOC(=O)C(C)(C)C. The molecule has 1 rings (SSSR count). The summed E-state index contributed by atoms with van der Waals surface area (Å²) in [4.78, 5) is 30.1. The van der Waals surface area contributed by atoms with E-state index in [0.29, 0.717) is 13.0 Å². The summed E-state index contributed by atoms with van der Waals surface area (Å²) in [5.41, 5.74) is -0.219. The fourth-order valence-electron chi connectivity index (χ4n) is 1.77. The molecule has 0 saturated carbocycles. The molecule has 0 aliphatic carbocycles. The number of hydrogen-bond acceptors (Lipinski definition) is 4. The van der Waals surface area contributed by atoms with Gasteiger partial charge in [0.1, 0.15) is 0 Å². The lowest BCUT2D eigenvalue weighted by molar-refractivity contribution is -0.236. The van der Waals surface area contributed by atoms with Crippen molar-refractivity contribution in [2.45, 2.75) is 54.5 Å². The minimum absolute atomic E-state index is 0.138. The van der Waals surface area contributed by atoms with Gasteiger partial charge in [0.25, 0.3) is 5.91 Å². The molecule has 134 valence electrons. The predicted molar refractivity (Wildman–Crippen MR) is 92.6 cm³/mol. The number of amides is 1. The number of carbonyl (C=O) groups excluding carboxylic acids is 2. The van der Waals surface area contributed by atoms with E-state index < -0.39 is 10.8 Å². The van der Waals surface area contributed by atoms with Crippen LogP contribution in [0.4, 0.5) is 0 Å². The summed E-state index contributed by atoms with van der Waals surface area (Å²) in [7, 11) is 0. The number of nitrogens with zero attached hydrogens (tertiary/aromatic N) is 1. The van der Waals surface area contributed by atoms with Gasteiger partial charge in [0.2, 0.25) is 6.79 Å². The maximum Gasteiger partial charge on any atom is 0.313 e. The first-order chi connectivity index (χ1) is 11.1. The van der Waals surface area contributed by atoms with Crippen LogP contribution in [0.15, 0.2) is 30.3 Å². The van der Waals surface area contributed by atoms with Gasteiger partial charge in [-0.05, 0) is 32.8 Å². The van der Waals surface area contributed by atoms with Crippen LogP contribution in [-0.4, -0.2) is 23.7 Å². The topological polar surface area (TPSA) is 55.8 Å². The van der Waals surface area contributed by atoms with Crippen molar-refractivity contribution in [2.24, 2.45) is 10.8 Å². The Morgan fingerprint density at radius 2 is 1.62 bits per heavy atom. The van der Waals surface area contributed by atoms with Gasteiger partial charge in [-0.15, -0.1) is 0 Å². The molecule has 0 fully saturated rings. The van der Waals surface area contributed by atoms with Crippen LogP contribution in [0.5, 0.6) is 0 Å². The molecule has 0 heterocycles. The van der Waals surface area contributed by atoms with Crippen molar-refractivity contribution in [3.05, 3.63) is 35.9 Å². The third kappa shape index (κ3) is 5.96. The summed E-state index contributed by atoms with van der Waals surface area (Å²) in [6.07, 6.45) is 0.683. The Morgan fingerprint density at radius 1 is 1.04 bits per heavy atom. The van der Waals surface area contributed by atoms with Gasteiger partial charge in [-0.1, -0.05) is 51.1 Å². The smallest absolute Gasteiger partial charge is 0.313 e. The van der Waals surface area contributed by atoms with Crippen LogP contribution in [0.3, 0.4) is 0 Å². The molecule has 0 aliphatic heterocycles. The predicted octanol–water partition coefficient (Wildman–Crippen LogP) is 3.93. The molecule has 5 heteroatoms. The molecule has 24 heavy (non-hydrogen) atoms. The van der Waals surface area contributed by atoms with Gasteiger partial charge in [-0.25, -0.2) is 9.90 Å². The average Bonchev–Trinajstić information content (AvgIpc) is 2.53. The van der Waals surface area contributed by atoms with Gasteiger partial charge >= 0.3 is 5.97 Å². The Morgan fingerprint density at radius 3 is 2.12 bits per heavy atom. The van der Waals surface area contributed by atoms with Crippen molar-refractivity contribution in [1.82, 2.24) is 5.06 Å². The second-order valence-corrected chi connectivity index (χ2v) is 7.49. The van der Waals surface area contributed by atoms with Crippen LogP contribution < -0.4 is 0 Å². The lowest BCUT2D eigenvalue weighted by atomic mass is 9.89. The summed E-state index contributed by atoms with van der Waals surface area (Å²) in [5.74, 6) is -0.509. The first-order valence-corrected chi connectivity index (χ1v) is 8.24. The summed E-state index contributed by atoms with van der Waals surface area (Å²) in [6, 6.07) is 9.57. The Kier molecular flexibility index (Phi) is 6.96. The number of hydrogen-bond donors (Lipinski definition) is 0. The quantitative estimate of drug-likeness (QED) is 0.430. The number of rotatable bonds is 7. The molecule has 0 unspecified atom stereocenters. The van der Waals surface area contributed by atoms with E-state index in [2.05, 4.69) is 0 Å². The molecule has 0 radical (unpaired) electrons. The van der Waals surface area contributed by atoms with Gasteiger partial charge in [0, 0.05) is 5.41 Å². The first-order valence-electron chi connectivity index (χ1n) is 8.24. The number of benzene rings is 1. The van der Waals surface area contributed by atoms with Crippen molar-refractivity contribution >= 4 is 11.9 Å². The fourth-order valence-corrected chi connectivity index (χ4v) is 1.77. The highest BCUT2D eigenvalue weighted by molar-refractivity contribution is 5.81. The van der Waals surface area contributed by atoms with Gasteiger partial charge in [-0.2, -0.15) is 0 Å². The fraction of sp³-hybridized carbons (Fsp3) is 0.579. The van der Waals surface area contributed by atoms with Crippen LogP contribution in [0.1, 0.15) is 53.5 Å². The largest absolute Gasteiger partial charge is 0.436 e. The highest BCUT2D eigenvalue weighted by Gasteiger charge is 2.32. The van der Waals surface area contributed by atoms with Gasteiger partial charge in [0.05, 0.1) is 12.0 Å². The second-order valence-electron chi connectivity index (χ2n) is 7.49. The van der Waals surface area contributed by atoms with Crippen molar-refractivity contribution in [3.63, 3.8) is 0 Å². The molecular weight excluding hydrogens is 306 g/mol. The molecule has 1 aromatic rings. The van der Waals surface area contributed by atoms with E-state index in [1.54, 1.807) is 20.8 Å². The Balaban J connectivity index is 2.78. The number of esters is 1. The van der Waals surface area contributed by atoms with Crippen molar-refractivity contribution in [2.75, 3.05) is 6.79 Å². The molecule has 1 aromatic carbocycles. The van der Waals surface area contributed by atoms with Crippen LogP contribution >= 0.6 is 0 Å². The highest BCUT2D eigenvalue weighted by Crippen LogP contribution is 2.24. The standard InChI is InChI=1S/C19H29NO4/c1-7-19(5,6)16(21)20(13-15-11-9-8-10-12-15)24-14-23-17(22)18(2,3)4/h8-12H,7,13-14H2,1-6H3. The number of ether oxygens (including phenoxy) is 1. The molecule has 0 bridgehead atoms. The molecule has 0 aromatic heterocycles. The molecule has 0 N–H and O–H groups in total. The maximum atomic E-state index is 12.7. The zero-order chi connectivity index (χ0) is 18.4. The first kappa shape index (κ1) is 20.2. The zero-order valence-electron chi connectivity index (χ0n) is 15.6.